The van der Waals surface area contributed by atoms with E-state index in [-0.39, 0.29) is 5.82 Å². The van der Waals surface area contributed by atoms with Gasteiger partial charge in [0.25, 0.3) is 0 Å². The zero-order valence-corrected chi connectivity index (χ0v) is 13.0. The second-order valence-electron chi connectivity index (χ2n) is 5.46. The Morgan fingerprint density at radius 2 is 2.32 bits per heavy atom. The molecular formula is C15H22BrFN2. The van der Waals surface area contributed by atoms with Crippen LogP contribution in [0, 0.1) is 11.7 Å². The van der Waals surface area contributed by atoms with Gasteiger partial charge in [-0.1, -0.05) is 15.9 Å². The first-order valence-corrected chi connectivity index (χ1v) is 7.77. The molecule has 0 spiro atoms. The second-order valence-corrected chi connectivity index (χ2v) is 6.38. The van der Waals surface area contributed by atoms with Crippen LogP contribution in [0.2, 0.25) is 0 Å². The summed E-state index contributed by atoms with van der Waals surface area (Å²) in [5.41, 5.74) is 0.794. The molecule has 106 valence electrons. The smallest absolute Gasteiger partial charge is 0.126 e. The summed E-state index contributed by atoms with van der Waals surface area (Å²) in [6, 6.07) is 5.16. The van der Waals surface area contributed by atoms with Gasteiger partial charge in [0.1, 0.15) is 5.82 Å². The lowest BCUT2D eigenvalue weighted by Gasteiger charge is -2.27. The van der Waals surface area contributed by atoms with Crippen LogP contribution in [-0.2, 0) is 6.42 Å². The minimum absolute atomic E-state index is 0.101. The van der Waals surface area contributed by atoms with Crippen molar-refractivity contribution in [2.45, 2.75) is 19.3 Å². The lowest BCUT2D eigenvalue weighted by molar-refractivity contribution is 0.245. The molecule has 1 aromatic carbocycles. The molecule has 2 rings (SSSR count). The first-order chi connectivity index (χ1) is 9.15. The van der Waals surface area contributed by atoms with Gasteiger partial charge in [0, 0.05) is 17.6 Å². The molecule has 0 aromatic heterocycles. The van der Waals surface area contributed by atoms with Gasteiger partial charge in [0.05, 0.1) is 0 Å². The van der Waals surface area contributed by atoms with E-state index in [0.29, 0.717) is 0 Å². The van der Waals surface area contributed by atoms with Crippen LogP contribution in [0.4, 0.5) is 4.39 Å². The lowest BCUT2D eigenvalue weighted by Crippen LogP contribution is -2.37. The predicted octanol–water partition coefficient (Wildman–Crippen LogP) is 3.06. The van der Waals surface area contributed by atoms with E-state index in [1.54, 1.807) is 6.07 Å². The van der Waals surface area contributed by atoms with E-state index in [4.69, 9.17) is 0 Å². The molecule has 1 saturated heterocycles. The number of rotatable bonds is 5. The highest BCUT2D eigenvalue weighted by molar-refractivity contribution is 9.10. The Hall–Kier alpha value is -0.450. The van der Waals surface area contributed by atoms with Gasteiger partial charge in [-0.2, -0.15) is 0 Å². The molecule has 1 unspecified atom stereocenters. The van der Waals surface area contributed by atoms with E-state index >= 15 is 0 Å². The molecule has 1 aromatic rings. The molecule has 1 aliphatic rings. The van der Waals surface area contributed by atoms with E-state index in [9.17, 15) is 4.39 Å². The average Bonchev–Trinajstić information content (AvgIpc) is 2.41. The number of likely N-dealkylation sites (N-methyl/N-ethyl adjacent to an activating group) is 1. The highest BCUT2D eigenvalue weighted by atomic mass is 79.9. The molecule has 1 heterocycles. The SMILES string of the molecule is CN(CCc1cc(Br)ccc1F)CC1CCCNC1. The van der Waals surface area contributed by atoms with Crippen molar-refractivity contribution in [3.8, 4) is 0 Å². The molecule has 0 radical (unpaired) electrons. The normalized spacial score (nSPS) is 19.9. The fourth-order valence-corrected chi connectivity index (χ4v) is 3.07. The van der Waals surface area contributed by atoms with Crippen molar-refractivity contribution in [2.75, 3.05) is 33.2 Å². The molecule has 1 atom stereocenters. The number of nitrogens with one attached hydrogen (secondary N) is 1. The van der Waals surface area contributed by atoms with Crippen molar-refractivity contribution in [1.82, 2.24) is 10.2 Å². The van der Waals surface area contributed by atoms with E-state index in [1.165, 1.54) is 18.9 Å². The van der Waals surface area contributed by atoms with E-state index < -0.39 is 0 Å². The van der Waals surface area contributed by atoms with Crippen molar-refractivity contribution < 1.29 is 4.39 Å². The average molecular weight is 329 g/mol. The van der Waals surface area contributed by atoms with Crippen LogP contribution in [0.5, 0.6) is 0 Å². The van der Waals surface area contributed by atoms with Gasteiger partial charge in [-0.25, -0.2) is 4.39 Å². The molecular weight excluding hydrogens is 307 g/mol. The van der Waals surface area contributed by atoms with E-state index in [2.05, 4.69) is 33.2 Å². The fourth-order valence-electron chi connectivity index (χ4n) is 2.66. The quantitative estimate of drug-likeness (QED) is 0.893. The molecule has 0 amide bonds. The topological polar surface area (TPSA) is 15.3 Å². The van der Waals surface area contributed by atoms with Crippen molar-refractivity contribution in [3.05, 3.63) is 34.1 Å². The van der Waals surface area contributed by atoms with Crippen molar-refractivity contribution in [2.24, 2.45) is 5.92 Å². The van der Waals surface area contributed by atoms with Crippen LogP contribution in [0.25, 0.3) is 0 Å². The van der Waals surface area contributed by atoms with Gasteiger partial charge in [-0.15, -0.1) is 0 Å². The Bertz CT molecular complexity index is 405. The molecule has 0 bridgehead atoms. The Labute approximate surface area is 123 Å². The maximum absolute atomic E-state index is 13.6. The van der Waals surface area contributed by atoms with Gasteiger partial charge in [0.2, 0.25) is 0 Å². The molecule has 1 fully saturated rings. The van der Waals surface area contributed by atoms with Crippen LogP contribution < -0.4 is 5.32 Å². The Morgan fingerprint density at radius 3 is 3.05 bits per heavy atom. The van der Waals surface area contributed by atoms with Gasteiger partial charge in [-0.3, -0.25) is 0 Å². The van der Waals surface area contributed by atoms with Gasteiger partial charge >= 0.3 is 0 Å². The van der Waals surface area contributed by atoms with Crippen LogP contribution >= 0.6 is 15.9 Å². The highest BCUT2D eigenvalue weighted by Gasteiger charge is 2.15. The zero-order chi connectivity index (χ0) is 13.7. The van der Waals surface area contributed by atoms with Crippen molar-refractivity contribution >= 4 is 15.9 Å². The Balaban J connectivity index is 1.79. The first kappa shape index (κ1) is 14.9. The van der Waals surface area contributed by atoms with Gasteiger partial charge in [-0.05, 0) is 69.1 Å². The summed E-state index contributed by atoms with van der Waals surface area (Å²) >= 11 is 3.39. The van der Waals surface area contributed by atoms with Crippen LogP contribution in [0.15, 0.2) is 22.7 Å². The molecule has 0 saturated carbocycles. The predicted molar refractivity (Wildman–Crippen MR) is 80.9 cm³/mol. The van der Waals surface area contributed by atoms with E-state index in [0.717, 1.165) is 48.6 Å². The maximum Gasteiger partial charge on any atom is 0.126 e. The fraction of sp³-hybridized carbons (Fsp3) is 0.600. The number of nitrogens with zero attached hydrogens (tertiary/aromatic N) is 1. The van der Waals surface area contributed by atoms with Crippen molar-refractivity contribution in [3.63, 3.8) is 0 Å². The Kier molecular flexibility index (Phi) is 5.79. The summed E-state index contributed by atoms with van der Waals surface area (Å²) in [5.74, 6) is 0.641. The number of halogens is 2. The number of hydrogen-bond donors (Lipinski definition) is 1. The molecule has 1 N–H and O–H groups in total. The molecule has 2 nitrogen and oxygen atoms in total. The maximum atomic E-state index is 13.6. The molecule has 19 heavy (non-hydrogen) atoms. The van der Waals surface area contributed by atoms with Gasteiger partial charge in [0.15, 0.2) is 0 Å². The zero-order valence-electron chi connectivity index (χ0n) is 11.5. The molecule has 4 heteroatoms. The minimum atomic E-state index is -0.101. The number of hydrogen-bond acceptors (Lipinski definition) is 2. The summed E-state index contributed by atoms with van der Waals surface area (Å²) in [7, 11) is 2.13. The minimum Gasteiger partial charge on any atom is -0.316 e. The third-order valence-corrected chi connectivity index (χ3v) is 4.23. The third-order valence-electron chi connectivity index (χ3n) is 3.74. The Morgan fingerprint density at radius 1 is 1.47 bits per heavy atom. The number of piperidine rings is 1. The highest BCUT2D eigenvalue weighted by Crippen LogP contribution is 2.17. The summed E-state index contributed by atoms with van der Waals surface area (Å²) in [5, 5.41) is 3.44. The largest absolute Gasteiger partial charge is 0.316 e. The summed E-state index contributed by atoms with van der Waals surface area (Å²) in [4.78, 5) is 2.32. The summed E-state index contributed by atoms with van der Waals surface area (Å²) in [6.07, 6.45) is 3.35. The second kappa shape index (κ2) is 7.36. The third kappa shape index (κ3) is 4.86. The van der Waals surface area contributed by atoms with E-state index in [1.807, 2.05) is 6.07 Å². The van der Waals surface area contributed by atoms with Crippen LogP contribution in [-0.4, -0.2) is 38.1 Å². The first-order valence-electron chi connectivity index (χ1n) is 6.98. The summed E-state index contributed by atoms with van der Waals surface area (Å²) in [6.45, 7) is 4.28. The van der Waals surface area contributed by atoms with Gasteiger partial charge < -0.3 is 10.2 Å². The van der Waals surface area contributed by atoms with Crippen LogP contribution in [0.3, 0.4) is 0 Å². The van der Waals surface area contributed by atoms with Crippen molar-refractivity contribution in [1.29, 1.82) is 0 Å². The number of benzene rings is 1. The standard InChI is InChI=1S/C15H22BrFN2/c1-19(11-12-3-2-7-18-10-12)8-6-13-9-14(16)4-5-15(13)17/h4-5,9,12,18H,2-3,6-8,10-11H2,1H3. The molecule has 1 aliphatic heterocycles. The monoisotopic (exact) mass is 328 g/mol. The lowest BCUT2D eigenvalue weighted by atomic mass is 9.99. The molecule has 0 aliphatic carbocycles. The summed E-state index contributed by atoms with van der Waals surface area (Å²) < 4.78 is 14.6. The van der Waals surface area contributed by atoms with Crippen LogP contribution in [0.1, 0.15) is 18.4 Å².